The third-order valence-corrected chi connectivity index (χ3v) is 4.65. The smallest absolute Gasteiger partial charge is 0.371 e. The fraction of sp³-hybridized carbons (Fsp3) is 0.0909. The van der Waals surface area contributed by atoms with Gasteiger partial charge in [-0.3, -0.25) is 9.20 Å². The van der Waals surface area contributed by atoms with E-state index >= 15 is 0 Å². The second-order valence-electron chi connectivity index (χ2n) is 6.66. The number of hydrogen-bond acceptors (Lipinski definition) is 5. The number of aromatic nitrogens is 2. The summed E-state index contributed by atoms with van der Waals surface area (Å²) < 4.78 is 7.02. The molecule has 0 unspecified atom stereocenters. The number of nitrogens with one attached hydrogen (secondary N) is 1. The Balaban J connectivity index is 1.51. The normalized spacial score (nSPS) is 11.6. The molecule has 4 aromatic rings. The molecule has 30 heavy (non-hydrogen) atoms. The zero-order valence-corrected chi connectivity index (χ0v) is 16.3. The summed E-state index contributed by atoms with van der Waals surface area (Å²) in [5.74, 6) is -1.11. The van der Waals surface area contributed by atoms with E-state index < -0.39 is 5.97 Å². The lowest BCUT2D eigenvalue weighted by Gasteiger charge is -2.05. The number of aromatic carboxylic acids is 1. The summed E-state index contributed by atoms with van der Waals surface area (Å²) in [5, 5.41) is 13.2. The molecular weight excluding hydrogens is 384 g/mol. The monoisotopic (exact) mass is 402 g/mol. The number of benzene rings is 1. The number of rotatable bonds is 5. The first-order chi connectivity index (χ1) is 14.4. The molecule has 8 heteroatoms. The van der Waals surface area contributed by atoms with Gasteiger partial charge in [-0.2, -0.15) is 5.10 Å². The number of carboxylic acids is 1. The number of carbonyl (C=O) groups is 2. The van der Waals surface area contributed by atoms with Crippen LogP contribution in [0.1, 0.15) is 39.2 Å². The molecule has 0 bridgehead atoms. The van der Waals surface area contributed by atoms with Crippen molar-refractivity contribution in [2.45, 2.75) is 13.8 Å². The van der Waals surface area contributed by atoms with Gasteiger partial charge in [-0.05, 0) is 43.7 Å². The maximum Gasteiger partial charge on any atom is 0.371 e. The minimum absolute atomic E-state index is 0.114. The predicted octanol–water partition coefficient (Wildman–Crippen LogP) is 3.75. The van der Waals surface area contributed by atoms with Crippen LogP contribution in [0.4, 0.5) is 0 Å². The molecule has 0 radical (unpaired) electrons. The van der Waals surface area contributed by atoms with E-state index in [1.807, 2.05) is 30.3 Å². The summed E-state index contributed by atoms with van der Waals surface area (Å²) in [5.41, 5.74) is 6.50. The van der Waals surface area contributed by atoms with Crippen LogP contribution in [0.5, 0.6) is 0 Å². The molecule has 8 nitrogen and oxygen atoms in total. The van der Waals surface area contributed by atoms with E-state index in [1.165, 1.54) is 6.07 Å². The molecule has 3 heterocycles. The van der Waals surface area contributed by atoms with Crippen molar-refractivity contribution in [1.29, 1.82) is 0 Å². The summed E-state index contributed by atoms with van der Waals surface area (Å²) in [7, 11) is 0. The van der Waals surface area contributed by atoms with Crippen LogP contribution in [0.15, 0.2) is 70.3 Å². The second-order valence-corrected chi connectivity index (χ2v) is 6.66. The Kier molecular flexibility index (Phi) is 4.89. The van der Waals surface area contributed by atoms with Gasteiger partial charge in [0.25, 0.3) is 5.91 Å². The SMILES string of the molecule is C/C(=N/NC(=O)c1c(C)nc2ccccn12)c1ccc(-c2ccc(C(=O)O)o2)cc1. The van der Waals surface area contributed by atoms with Crippen LogP contribution in [0, 0.1) is 6.92 Å². The lowest BCUT2D eigenvalue weighted by Crippen LogP contribution is -2.21. The first kappa shape index (κ1) is 19.1. The molecule has 0 aliphatic heterocycles. The van der Waals surface area contributed by atoms with E-state index in [-0.39, 0.29) is 11.7 Å². The van der Waals surface area contributed by atoms with E-state index in [4.69, 9.17) is 9.52 Å². The zero-order valence-electron chi connectivity index (χ0n) is 16.3. The van der Waals surface area contributed by atoms with Crippen molar-refractivity contribution in [2.24, 2.45) is 5.10 Å². The first-order valence-corrected chi connectivity index (χ1v) is 9.16. The maximum atomic E-state index is 12.6. The second kappa shape index (κ2) is 7.67. The molecule has 0 saturated carbocycles. The van der Waals surface area contributed by atoms with Crippen molar-refractivity contribution >= 4 is 23.2 Å². The lowest BCUT2D eigenvalue weighted by atomic mass is 10.1. The summed E-state index contributed by atoms with van der Waals surface area (Å²) >= 11 is 0. The van der Waals surface area contributed by atoms with Crippen LogP contribution in [0.3, 0.4) is 0 Å². The summed E-state index contributed by atoms with van der Waals surface area (Å²) in [6.07, 6.45) is 1.78. The Bertz CT molecular complexity index is 1280. The molecular formula is C22H18N4O4. The zero-order chi connectivity index (χ0) is 21.3. The van der Waals surface area contributed by atoms with Gasteiger partial charge in [0, 0.05) is 11.8 Å². The minimum Gasteiger partial charge on any atom is -0.475 e. The summed E-state index contributed by atoms with van der Waals surface area (Å²) in [4.78, 5) is 28.0. The topological polar surface area (TPSA) is 109 Å². The standard InChI is InChI=1S/C22H18N4O4/c1-13(15-6-8-16(9-7-15)17-10-11-18(30-17)22(28)29)24-25-21(27)20-14(2)23-19-5-3-4-12-26(19)20/h3-12H,1-2H3,(H,25,27)(H,28,29)/b24-13-. The number of carboxylic acid groups (broad SMARTS) is 1. The highest BCUT2D eigenvalue weighted by atomic mass is 16.4. The fourth-order valence-electron chi connectivity index (χ4n) is 3.12. The molecule has 0 atom stereocenters. The Hall–Kier alpha value is -4.20. The molecule has 0 aliphatic rings. The number of pyridine rings is 1. The molecule has 0 fully saturated rings. The Morgan fingerprint density at radius 1 is 1.10 bits per heavy atom. The number of aryl methyl sites for hydroxylation is 1. The Morgan fingerprint density at radius 2 is 1.87 bits per heavy atom. The molecule has 3 aromatic heterocycles. The van der Waals surface area contributed by atoms with E-state index in [9.17, 15) is 9.59 Å². The van der Waals surface area contributed by atoms with Crippen LogP contribution in [-0.4, -0.2) is 32.1 Å². The van der Waals surface area contributed by atoms with E-state index in [2.05, 4.69) is 15.5 Å². The average molecular weight is 402 g/mol. The highest BCUT2D eigenvalue weighted by Crippen LogP contribution is 2.23. The number of amides is 1. The third-order valence-electron chi connectivity index (χ3n) is 4.65. The van der Waals surface area contributed by atoms with Gasteiger partial charge in [-0.1, -0.05) is 30.3 Å². The number of carbonyl (C=O) groups excluding carboxylic acids is 1. The number of fused-ring (bicyclic) bond motifs is 1. The van der Waals surface area contributed by atoms with Gasteiger partial charge in [0.1, 0.15) is 17.1 Å². The predicted molar refractivity (Wildman–Crippen MR) is 111 cm³/mol. The van der Waals surface area contributed by atoms with Crippen molar-refractivity contribution in [1.82, 2.24) is 14.8 Å². The molecule has 2 N–H and O–H groups in total. The van der Waals surface area contributed by atoms with Gasteiger partial charge in [0.15, 0.2) is 0 Å². The number of hydrogen-bond donors (Lipinski definition) is 2. The van der Waals surface area contributed by atoms with Crippen LogP contribution in [0.25, 0.3) is 17.0 Å². The molecule has 150 valence electrons. The largest absolute Gasteiger partial charge is 0.475 e. The number of furan rings is 1. The number of hydrazone groups is 1. The molecule has 0 aliphatic carbocycles. The van der Waals surface area contributed by atoms with Gasteiger partial charge in [-0.15, -0.1) is 0 Å². The quantitative estimate of drug-likeness (QED) is 0.390. The Labute approximate surface area is 171 Å². The average Bonchev–Trinajstić information content (AvgIpc) is 3.36. The van der Waals surface area contributed by atoms with Crippen molar-refractivity contribution in [3.63, 3.8) is 0 Å². The van der Waals surface area contributed by atoms with Gasteiger partial charge in [-0.25, -0.2) is 15.2 Å². The molecule has 0 spiro atoms. The van der Waals surface area contributed by atoms with Crippen molar-refractivity contribution in [2.75, 3.05) is 0 Å². The Morgan fingerprint density at radius 3 is 2.57 bits per heavy atom. The molecule has 1 aromatic carbocycles. The van der Waals surface area contributed by atoms with Crippen LogP contribution < -0.4 is 5.43 Å². The van der Waals surface area contributed by atoms with Gasteiger partial charge in [0.05, 0.1) is 11.4 Å². The van der Waals surface area contributed by atoms with Gasteiger partial charge >= 0.3 is 5.97 Å². The maximum absolute atomic E-state index is 12.6. The van der Waals surface area contributed by atoms with Crippen LogP contribution >= 0.6 is 0 Å². The summed E-state index contributed by atoms with van der Waals surface area (Å²) in [6, 6.07) is 15.8. The van der Waals surface area contributed by atoms with Crippen LogP contribution in [-0.2, 0) is 0 Å². The molecule has 0 saturated heterocycles. The van der Waals surface area contributed by atoms with E-state index in [0.717, 1.165) is 11.1 Å². The van der Waals surface area contributed by atoms with Gasteiger partial charge < -0.3 is 9.52 Å². The van der Waals surface area contributed by atoms with Gasteiger partial charge in [0.2, 0.25) is 5.76 Å². The molecule has 1 amide bonds. The van der Waals surface area contributed by atoms with E-state index in [0.29, 0.717) is 28.5 Å². The highest BCUT2D eigenvalue weighted by Gasteiger charge is 2.16. The molecule has 4 rings (SSSR count). The van der Waals surface area contributed by atoms with Crippen molar-refractivity contribution in [3.8, 4) is 11.3 Å². The van der Waals surface area contributed by atoms with Crippen LogP contribution in [0.2, 0.25) is 0 Å². The highest BCUT2D eigenvalue weighted by molar-refractivity contribution is 6.01. The van der Waals surface area contributed by atoms with Crippen molar-refractivity contribution in [3.05, 3.63) is 83.5 Å². The lowest BCUT2D eigenvalue weighted by molar-refractivity contribution is 0.0663. The third kappa shape index (κ3) is 3.58. The number of nitrogens with zero attached hydrogens (tertiary/aromatic N) is 3. The number of imidazole rings is 1. The fourth-order valence-corrected chi connectivity index (χ4v) is 3.12. The first-order valence-electron chi connectivity index (χ1n) is 9.16. The summed E-state index contributed by atoms with van der Waals surface area (Å²) in [6.45, 7) is 3.56. The minimum atomic E-state index is -1.11. The van der Waals surface area contributed by atoms with Crippen molar-refractivity contribution < 1.29 is 19.1 Å². The van der Waals surface area contributed by atoms with E-state index in [1.54, 1.807) is 42.6 Å².